The minimum atomic E-state index is -0.114. The van der Waals surface area contributed by atoms with Crippen LogP contribution in [-0.2, 0) is 22.6 Å². The Hall–Kier alpha value is -2.41. The van der Waals surface area contributed by atoms with Crippen LogP contribution in [0.5, 0.6) is 5.75 Å². The monoisotopic (exact) mass is 347 g/mol. The van der Waals surface area contributed by atoms with Gasteiger partial charge in [-0.3, -0.25) is 9.59 Å². The number of ether oxygens (including phenoxy) is 1. The number of thiazole rings is 1. The predicted molar refractivity (Wildman–Crippen MR) is 93.0 cm³/mol. The Morgan fingerprint density at radius 3 is 2.58 bits per heavy atom. The fraction of sp³-hybridized carbons (Fsp3) is 0.353. The highest BCUT2D eigenvalue weighted by atomic mass is 32.1. The van der Waals surface area contributed by atoms with Gasteiger partial charge in [-0.15, -0.1) is 11.3 Å². The molecule has 1 aromatic heterocycles. The zero-order valence-electron chi connectivity index (χ0n) is 13.8. The number of carbonyl (C=O) groups excluding carboxylic acids is 2. The molecule has 1 heterocycles. The SMILES string of the molecule is CC(=O)NCCNC(=O)Cc1csc(COc2ccc(C)cc2)n1. The van der Waals surface area contributed by atoms with Crippen LogP contribution in [0, 0.1) is 6.92 Å². The fourth-order valence-corrected chi connectivity index (χ4v) is 2.65. The number of aromatic nitrogens is 1. The Bertz CT molecular complexity index is 683. The highest BCUT2D eigenvalue weighted by Crippen LogP contribution is 2.16. The summed E-state index contributed by atoms with van der Waals surface area (Å²) < 4.78 is 5.67. The minimum absolute atomic E-state index is 0.109. The van der Waals surface area contributed by atoms with Crippen molar-refractivity contribution in [2.75, 3.05) is 13.1 Å². The zero-order valence-corrected chi connectivity index (χ0v) is 14.6. The molecule has 128 valence electrons. The van der Waals surface area contributed by atoms with Crippen molar-refractivity contribution in [2.45, 2.75) is 26.9 Å². The molecule has 1 aromatic carbocycles. The van der Waals surface area contributed by atoms with Crippen molar-refractivity contribution in [3.05, 3.63) is 45.9 Å². The minimum Gasteiger partial charge on any atom is -0.486 e. The van der Waals surface area contributed by atoms with Gasteiger partial charge in [0.05, 0.1) is 12.1 Å². The van der Waals surface area contributed by atoms with Gasteiger partial charge in [0.25, 0.3) is 0 Å². The third-order valence-corrected chi connectivity index (χ3v) is 4.02. The molecular formula is C17H21N3O3S. The van der Waals surface area contributed by atoms with E-state index in [4.69, 9.17) is 4.74 Å². The van der Waals surface area contributed by atoms with E-state index in [-0.39, 0.29) is 18.2 Å². The topological polar surface area (TPSA) is 80.3 Å². The van der Waals surface area contributed by atoms with Gasteiger partial charge < -0.3 is 15.4 Å². The summed E-state index contributed by atoms with van der Waals surface area (Å²) in [6.07, 6.45) is 0.223. The van der Waals surface area contributed by atoms with Gasteiger partial charge in [0.1, 0.15) is 17.4 Å². The lowest BCUT2D eigenvalue weighted by atomic mass is 10.2. The molecule has 0 aliphatic rings. The number of amides is 2. The van der Waals surface area contributed by atoms with Crippen LogP contribution in [0.4, 0.5) is 0 Å². The van der Waals surface area contributed by atoms with Crippen molar-refractivity contribution in [1.82, 2.24) is 15.6 Å². The predicted octanol–water partition coefficient (Wildman–Crippen LogP) is 1.83. The van der Waals surface area contributed by atoms with Crippen LogP contribution in [0.2, 0.25) is 0 Å². The van der Waals surface area contributed by atoms with Gasteiger partial charge in [0, 0.05) is 25.4 Å². The van der Waals surface area contributed by atoms with E-state index < -0.39 is 0 Å². The summed E-state index contributed by atoms with van der Waals surface area (Å²) in [4.78, 5) is 26.9. The quantitative estimate of drug-likeness (QED) is 0.714. The molecule has 0 fully saturated rings. The smallest absolute Gasteiger partial charge is 0.226 e. The second-order valence-electron chi connectivity index (χ2n) is 5.34. The molecule has 2 N–H and O–H groups in total. The Labute approximate surface area is 145 Å². The Morgan fingerprint density at radius 2 is 1.88 bits per heavy atom. The van der Waals surface area contributed by atoms with E-state index in [1.54, 1.807) is 0 Å². The maximum Gasteiger partial charge on any atom is 0.226 e. The van der Waals surface area contributed by atoms with Gasteiger partial charge in [-0.25, -0.2) is 4.98 Å². The first-order valence-electron chi connectivity index (χ1n) is 7.67. The van der Waals surface area contributed by atoms with E-state index in [9.17, 15) is 9.59 Å². The summed E-state index contributed by atoms with van der Waals surface area (Å²) in [5.41, 5.74) is 1.91. The van der Waals surface area contributed by atoms with Crippen LogP contribution in [0.25, 0.3) is 0 Å². The molecule has 0 saturated carbocycles. The average molecular weight is 347 g/mol. The number of rotatable bonds is 8. The van der Waals surface area contributed by atoms with Gasteiger partial charge in [-0.1, -0.05) is 17.7 Å². The number of nitrogens with one attached hydrogen (secondary N) is 2. The first-order valence-corrected chi connectivity index (χ1v) is 8.55. The summed E-state index contributed by atoms with van der Waals surface area (Å²) >= 11 is 1.47. The largest absolute Gasteiger partial charge is 0.486 e. The average Bonchev–Trinajstić information content (AvgIpc) is 2.98. The number of benzene rings is 1. The van der Waals surface area contributed by atoms with Gasteiger partial charge in [0.2, 0.25) is 11.8 Å². The molecule has 0 atom stereocenters. The van der Waals surface area contributed by atoms with Crippen molar-refractivity contribution >= 4 is 23.2 Å². The molecule has 24 heavy (non-hydrogen) atoms. The van der Waals surface area contributed by atoms with Crippen LogP contribution in [0.15, 0.2) is 29.6 Å². The lowest BCUT2D eigenvalue weighted by Crippen LogP contribution is -2.34. The van der Waals surface area contributed by atoms with Crippen LogP contribution in [0.1, 0.15) is 23.2 Å². The summed E-state index contributed by atoms with van der Waals surface area (Å²) in [5.74, 6) is 0.576. The fourth-order valence-electron chi connectivity index (χ4n) is 1.94. The molecule has 0 aliphatic carbocycles. The lowest BCUT2D eigenvalue weighted by molar-refractivity contribution is -0.121. The second-order valence-corrected chi connectivity index (χ2v) is 6.29. The first kappa shape index (κ1) is 17.9. The molecule has 0 saturated heterocycles. The molecular weight excluding hydrogens is 326 g/mol. The zero-order chi connectivity index (χ0) is 17.4. The number of nitrogens with zero attached hydrogens (tertiary/aromatic N) is 1. The maximum absolute atomic E-state index is 11.8. The van der Waals surface area contributed by atoms with Gasteiger partial charge in [0.15, 0.2) is 0 Å². The van der Waals surface area contributed by atoms with E-state index in [0.29, 0.717) is 19.7 Å². The molecule has 0 unspecified atom stereocenters. The first-order chi connectivity index (χ1) is 11.5. The van der Waals surface area contributed by atoms with Gasteiger partial charge in [-0.05, 0) is 19.1 Å². The van der Waals surface area contributed by atoms with Crippen LogP contribution in [-0.4, -0.2) is 29.9 Å². The van der Waals surface area contributed by atoms with E-state index >= 15 is 0 Å². The highest BCUT2D eigenvalue weighted by molar-refractivity contribution is 7.09. The summed E-state index contributed by atoms with van der Waals surface area (Å²) in [7, 11) is 0. The maximum atomic E-state index is 11.8. The summed E-state index contributed by atoms with van der Waals surface area (Å²) in [6.45, 7) is 4.69. The van der Waals surface area contributed by atoms with Crippen LogP contribution < -0.4 is 15.4 Å². The Kier molecular flexibility index (Phi) is 6.74. The number of carbonyl (C=O) groups is 2. The summed E-state index contributed by atoms with van der Waals surface area (Å²) in [5, 5.41) is 8.05. The van der Waals surface area contributed by atoms with Crippen molar-refractivity contribution in [3.63, 3.8) is 0 Å². The van der Waals surface area contributed by atoms with Crippen molar-refractivity contribution in [2.24, 2.45) is 0 Å². The van der Waals surface area contributed by atoms with Crippen molar-refractivity contribution < 1.29 is 14.3 Å². The number of hydrogen-bond acceptors (Lipinski definition) is 5. The molecule has 6 nitrogen and oxygen atoms in total. The molecule has 7 heteroatoms. The van der Waals surface area contributed by atoms with Crippen molar-refractivity contribution in [1.29, 1.82) is 0 Å². The molecule has 2 rings (SSSR count). The molecule has 0 aliphatic heterocycles. The molecule has 2 aromatic rings. The van der Waals surface area contributed by atoms with E-state index in [1.807, 2.05) is 36.6 Å². The Balaban J connectivity index is 1.73. The summed E-state index contributed by atoms with van der Waals surface area (Å²) in [6, 6.07) is 7.83. The van der Waals surface area contributed by atoms with E-state index in [2.05, 4.69) is 15.6 Å². The van der Waals surface area contributed by atoms with Crippen molar-refractivity contribution in [3.8, 4) is 5.75 Å². The number of hydrogen-bond donors (Lipinski definition) is 2. The Morgan fingerprint density at radius 1 is 1.17 bits per heavy atom. The van der Waals surface area contributed by atoms with Crippen LogP contribution >= 0.6 is 11.3 Å². The standard InChI is InChI=1S/C17H21N3O3S/c1-12-3-5-15(6-4-12)23-10-17-20-14(11-24-17)9-16(22)19-8-7-18-13(2)21/h3-6,11H,7-10H2,1-2H3,(H,18,21)(H,19,22). The highest BCUT2D eigenvalue weighted by Gasteiger charge is 2.08. The van der Waals surface area contributed by atoms with Gasteiger partial charge >= 0.3 is 0 Å². The molecule has 2 amide bonds. The third-order valence-electron chi connectivity index (χ3n) is 3.15. The molecule has 0 spiro atoms. The van der Waals surface area contributed by atoms with Gasteiger partial charge in [-0.2, -0.15) is 0 Å². The lowest BCUT2D eigenvalue weighted by Gasteiger charge is -2.05. The normalized spacial score (nSPS) is 10.2. The third kappa shape index (κ3) is 6.37. The van der Waals surface area contributed by atoms with Crippen LogP contribution in [0.3, 0.4) is 0 Å². The number of aryl methyl sites for hydroxylation is 1. The molecule has 0 bridgehead atoms. The van der Waals surface area contributed by atoms with E-state index in [0.717, 1.165) is 16.5 Å². The molecule has 0 radical (unpaired) electrons. The van der Waals surface area contributed by atoms with E-state index in [1.165, 1.54) is 23.8 Å². The second kappa shape index (κ2) is 9.02.